The van der Waals surface area contributed by atoms with Gasteiger partial charge in [-0.1, -0.05) is 18.2 Å². The number of carbonyl (C=O) groups excluding carboxylic acids is 3. The second-order valence-corrected chi connectivity index (χ2v) is 11.2. The molecule has 4 aromatic rings. The molecule has 2 N–H and O–H groups in total. The van der Waals surface area contributed by atoms with Gasteiger partial charge in [0.15, 0.2) is 13.2 Å². The number of nitrogens with zero attached hydrogens (tertiary/aromatic N) is 2. The molecule has 0 spiro atoms. The van der Waals surface area contributed by atoms with E-state index in [1.54, 1.807) is 72.8 Å². The second-order valence-electron chi connectivity index (χ2n) is 11.2. The summed E-state index contributed by atoms with van der Waals surface area (Å²) in [6.45, 7) is 0.0398. The summed E-state index contributed by atoms with van der Waals surface area (Å²) in [4.78, 5) is 45.3. The minimum Gasteiger partial charge on any atom is -0.497 e. The molecule has 2 atom stereocenters. The van der Waals surface area contributed by atoms with Crippen LogP contribution in [0.1, 0.15) is 22.3 Å². The summed E-state index contributed by atoms with van der Waals surface area (Å²) in [5.74, 6) is 0.156. The molecule has 6 rings (SSSR count). The number of aromatic nitrogens is 1. The zero-order valence-corrected chi connectivity index (χ0v) is 25.6. The Labute approximate surface area is 270 Å². The summed E-state index contributed by atoms with van der Waals surface area (Å²) in [6.07, 6.45) is 2.83. The van der Waals surface area contributed by atoms with Gasteiger partial charge >= 0.3 is 0 Å². The van der Waals surface area contributed by atoms with Gasteiger partial charge in [0.05, 0.1) is 18.7 Å². The highest BCUT2D eigenvalue weighted by Gasteiger charge is 2.35. The monoisotopic (exact) mass is 640 g/mol. The number of likely N-dealkylation sites (tertiary alicyclic amines) is 1. The Morgan fingerprint density at radius 1 is 0.979 bits per heavy atom. The molecule has 242 valence electrons. The number of hydrogen-bond acceptors (Lipinski definition) is 8. The fraction of sp³-hybridized carbons (Fsp3) is 0.257. The predicted molar refractivity (Wildman–Crippen MR) is 169 cm³/mol. The lowest BCUT2D eigenvalue weighted by Crippen LogP contribution is -2.58. The molecule has 0 unspecified atom stereocenters. The number of ether oxygens (including phenoxy) is 4. The molecule has 1 fully saturated rings. The predicted octanol–water partition coefficient (Wildman–Crippen LogP) is 3.76. The number of methoxy groups -OCH3 is 1. The number of amides is 3. The van der Waals surface area contributed by atoms with Gasteiger partial charge in [-0.3, -0.25) is 19.4 Å². The van der Waals surface area contributed by atoms with Gasteiger partial charge in [0, 0.05) is 56.1 Å². The number of fused-ring (bicyclic) bond motifs is 8. The van der Waals surface area contributed by atoms with E-state index in [1.165, 1.54) is 18.3 Å². The van der Waals surface area contributed by atoms with Gasteiger partial charge < -0.3 is 34.5 Å². The van der Waals surface area contributed by atoms with Crippen molar-refractivity contribution in [3.63, 3.8) is 0 Å². The van der Waals surface area contributed by atoms with E-state index in [9.17, 15) is 18.8 Å². The molecule has 11 nitrogen and oxygen atoms in total. The first-order valence-electron chi connectivity index (χ1n) is 15.1. The van der Waals surface area contributed by atoms with Gasteiger partial charge in [-0.05, 0) is 53.6 Å². The molecule has 3 heterocycles. The fourth-order valence-electron chi connectivity index (χ4n) is 5.47. The van der Waals surface area contributed by atoms with Crippen LogP contribution in [0, 0.1) is 5.82 Å². The molecule has 0 radical (unpaired) electrons. The summed E-state index contributed by atoms with van der Waals surface area (Å²) >= 11 is 0. The Morgan fingerprint density at radius 2 is 1.81 bits per heavy atom. The van der Waals surface area contributed by atoms with E-state index in [4.69, 9.17) is 18.9 Å². The standard InChI is InChI=1S/C35H33FN4O7/c1-44-27-5-3-7-29(15-27)46-21-34(42)40-9-8-32-31(19-40)39-35(43)25-12-24(17-37-18-25)23-4-2-6-28(13-23)45-20-33(41)38-16-22-10-26(36)14-30(11-22)47-32/h2-7,10-15,17-18,31-32H,8-9,16,19-21H2,1H3,(H,38,41)(H,39,43)/t31-,32+/m1/s1. The van der Waals surface area contributed by atoms with E-state index in [1.807, 2.05) is 6.07 Å². The normalized spacial score (nSPS) is 18.0. The second kappa shape index (κ2) is 14.2. The van der Waals surface area contributed by atoms with Crippen molar-refractivity contribution in [3.8, 4) is 34.1 Å². The third kappa shape index (κ3) is 7.96. The van der Waals surface area contributed by atoms with Crippen molar-refractivity contribution in [2.45, 2.75) is 25.1 Å². The van der Waals surface area contributed by atoms with Gasteiger partial charge in [0.1, 0.15) is 34.9 Å². The van der Waals surface area contributed by atoms with Gasteiger partial charge in [-0.15, -0.1) is 0 Å². The summed E-state index contributed by atoms with van der Waals surface area (Å²) in [5, 5.41) is 5.76. The maximum absolute atomic E-state index is 14.7. The molecule has 47 heavy (non-hydrogen) atoms. The smallest absolute Gasteiger partial charge is 0.260 e. The number of halogens is 1. The van der Waals surface area contributed by atoms with Crippen LogP contribution in [0.2, 0.25) is 0 Å². The van der Waals surface area contributed by atoms with Crippen LogP contribution in [-0.2, 0) is 16.1 Å². The van der Waals surface area contributed by atoms with Gasteiger partial charge in [-0.25, -0.2) is 4.39 Å². The maximum atomic E-state index is 14.7. The number of pyridine rings is 1. The van der Waals surface area contributed by atoms with E-state index in [0.29, 0.717) is 46.9 Å². The summed E-state index contributed by atoms with van der Waals surface area (Å²) in [6, 6.07) is 19.3. The largest absolute Gasteiger partial charge is 0.497 e. The molecule has 12 heteroatoms. The van der Waals surface area contributed by atoms with Crippen LogP contribution in [0.4, 0.5) is 4.39 Å². The lowest BCUT2D eigenvalue weighted by Gasteiger charge is -2.38. The highest BCUT2D eigenvalue weighted by atomic mass is 19.1. The van der Waals surface area contributed by atoms with Crippen LogP contribution in [-0.4, -0.2) is 73.2 Å². The third-order valence-corrected chi connectivity index (χ3v) is 7.87. The first-order valence-corrected chi connectivity index (χ1v) is 15.1. The van der Waals surface area contributed by atoms with Crippen molar-refractivity contribution < 1.29 is 37.7 Å². The number of rotatable bonds is 4. The van der Waals surface area contributed by atoms with E-state index in [-0.39, 0.29) is 43.9 Å². The average Bonchev–Trinajstić information content (AvgIpc) is 3.09. The lowest BCUT2D eigenvalue weighted by atomic mass is 10.0. The highest BCUT2D eigenvalue weighted by Crippen LogP contribution is 2.26. The molecular formula is C35H33FN4O7. The van der Waals surface area contributed by atoms with Crippen molar-refractivity contribution >= 4 is 17.7 Å². The number of benzene rings is 3. The molecule has 0 saturated carbocycles. The Balaban J connectivity index is 1.27. The summed E-state index contributed by atoms with van der Waals surface area (Å²) < 4.78 is 37.6. The Kier molecular flexibility index (Phi) is 9.46. The Morgan fingerprint density at radius 3 is 2.68 bits per heavy atom. The van der Waals surface area contributed by atoms with E-state index in [0.717, 1.165) is 5.56 Å². The lowest BCUT2D eigenvalue weighted by molar-refractivity contribution is -0.135. The first kappa shape index (κ1) is 31.3. The van der Waals surface area contributed by atoms with E-state index in [2.05, 4.69) is 15.6 Å². The van der Waals surface area contributed by atoms with E-state index >= 15 is 0 Å². The van der Waals surface area contributed by atoms with Crippen molar-refractivity contribution in [2.75, 3.05) is 33.4 Å². The van der Waals surface area contributed by atoms with Crippen molar-refractivity contribution in [1.29, 1.82) is 0 Å². The SMILES string of the molecule is COc1cccc(OCC(=O)N2CC[C@@H]3Oc4cc(F)cc(c4)CNC(=O)COc4cccc(c4)-c4cncc(c4)C(=O)N[C@@H]3C2)c1. The fourth-order valence-corrected chi connectivity index (χ4v) is 5.47. The molecule has 3 amide bonds. The molecule has 1 aromatic heterocycles. The molecule has 3 aromatic carbocycles. The van der Waals surface area contributed by atoms with Crippen molar-refractivity contribution in [2.24, 2.45) is 0 Å². The first-order chi connectivity index (χ1) is 22.8. The molecule has 2 aliphatic heterocycles. The van der Waals surface area contributed by atoms with Crippen LogP contribution < -0.4 is 29.6 Å². The number of nitrogens with one attached hydrogen (secondary N) is 2. The molecule has 6 bridgehead atoms. The van der Waals surface area contributed by atoms with Crippen LogP contribution in [0.3, 0.4) is 0 Å². The van der Waals surface area contributed by atoms with Gasteiger partial charge in [0.25, 0.3) is 17.7 Å². The Bertz CT molecular complexity index is 1780. The minimum atomic E-state index is -0.661. The van der Waals surface area contributed by atoms with Crippen LogP contribution in [0.5, 0.6) is 23.0 Å². The van der Waals surface area contributed by atoms with Crippen LogP contribution in [0.25, 0.3) is 11.1 Å². The topological polar surface area (TPSA) is 128 Å². The van der Waals surface area contributed by atoms with E-state index < -0.39 is 23.9 Å². The average molecular weight is 641 g/mol. The summed E-state index contributed by atoms with van der Waals surface area (Å²) in [5.41, 5.74) is 2.18. The van der Waals surface area contributed by atoms with Crippen molar-refractivity contribution in [1.82, 2.24) is 20.5 Å². The zero-order chi connectivity index (χ0) is 32.8. The van der Waals surface area contributed by atoms with Crippen LogP contribution in [0.15, 0.2) is 85.2 Å². The molecule has 1 saturated heterocycles. The third-order valence-electron chi connectivity index (χ3n) is 7.87. The molecular weight excluding hydrogens is 607 g/mol. The molecule has 2 aliphatic rings. The zero-order valence-electron chi connectivity index (χ0n) is 25.6. The number of hydrogen-bond donors (Lipinski definition) is 2. The van der Waals surface area contributed by atoms with Crippen molar-refractivity contribution in [3.05, 3.63) is 102 Å². The van der Waals surface area contributed by atoms with Gasteiger partial charge in [-0.2, -0.15) is 0 Å². The minimum absolute atomic E-state index is 0.0499. The number of piperidine rings is 1. The summed E-state index contributed by atoms with van der Waals surface area (Å²) in [7, 11) is 1.55. The quantitative estimate of drug-likeness (QED) is 0.345. The van der Waals surface area contributed by atoms with Crippen LogP contribution >= 0.6 is 0 Å². The molecule has 0 aliphatic carbocycles. The highest BCUT2D eigenvalue weighted by molar-refractivity contribution is 5.95. The maximum Gasteiger partial charge on any atom is 0.260 e. The van der Waals surface area contributed by atoms with Gasteiger partial charge in [0.2, 0.25) is 0 Å². The number of carbonyl (C=O) groups is 3. The Hall–Kier alpha value is -5.65.